The molecule has 0 aliphatic heterocycles. The van der Waals surface area contributed by atoms with Crippen LogP contribution in [0.3, 0.4) is 0 Å². The van der Waals surface area contributed by atoms with Crippen molar-refractivity contribution in [2.24, 2.45) is 7.05 Å². The average molecular weight is 419 g/mol. The van der Waals surface area contributed by atoms with Gasteiger partial charge in [-0.2, -0.15) is 4.40 Å². The van der Waals surface area contributed by atoms with Crippen LogP contribution >= 0.6 is 0 Å². The van der Waals surface area contributed by atoms with Gasteiger partial charge in [-0.3, -0.25) is 0 Å². The minimum Gasteiger partial charge on any atom is -1.00 e. The Bertz CT molecular complexity index is 1050. The Morgan fingerprint density at radius 1 is 0.897 bits per heavy atom. The minimum absolute atomic E-state index is 0. The molecular weight excluding hydrogens is 396 g/mol. The Labute approximate surface area is 175 Å². The van der Waals surface area contributed by atoms with Gasteiger partial charge in [-0.05, 0) is 18.2 Å². The number of pyridine rings is 1. The summed E-state index contributed by atoms with van der Waals surface area (Å²) < 4.78 is 14.6. The molecule has 0 fully saturated rings. The van der Waals surface area contributed by atoms with E-state index in [2.05, 4.69) is 0 Å². The van der Waals surface area contributed by atoms with Crippen molar-refractivity contribution >= 4 is 17.8 Å². The second kappa shape index (κ2) is 8.83. The standard InChI is InChI=1S/C20H23N4O4.ClH/c1-21(2)19(25)27-15-8-6-7-14(11-15)17-13-24-12-16(28-20(26)22(3)4)9-10-18(24)23(17)5;/h6-13H,1-5H3;1H/q+1;/p-1. The summed E-state index contributed by atoms with van der Waals surface area (Å²) in [5.74, 6) is 0.911. The first-order valence-electron chi connectivity index (χ1n) is 8.65. The van der Waals surface area contributed by atoms with Crippen molar-refractivity contribution in [2.75, 3.05) is 28.2 Å². The van der Waals surface area contributed by atoms with Gasteiger partial charge in [-0.15, -0.1) is 0 Å². The number of amides is 2. The fourth-order valence-corrected chi connectivity index (χ4v) is 2.65. The molecular formula is C20H23ClN4O4. The predicted octanol–water partition coefficient (Wildman–Crippen LogP) is -0.444. The Morgan fingerprint density at radius 3 is 2.14 bits per heavy atom. The highest BCUT2D eigenvalue weighted by atomic mass is 35.5. The molecule has 0 aliphatic carbocycles. The fraction of sp³-hybridized carbons (Fsp3) is 0.250. The van der Waals surface area contributed by atoms with E-state index in [0.717, 1.165) is 16.9 Å². The lowest BCUT2D eigenvalue weighted by Gasteiger charge is -2.10. The molecule has 2 heterocycles. The molecule has 0 unspecified atom stereocenters. The summed E-state index contributed by atoms with van der Waals surface area (Å²) in [6.07, 6.45) is 2.80. The van der Waals surface area contributed by atoms with Crippen molar-refractivity contribution in [1.29, 1.82) is 0 Å². The molecule has 29 heavy (non-hydrogen) atoms. The van der Waals surface area contributed by atoms with Crippen LogP contribution < -0.4 is 26.3 Å². The molecule has 0 aliphatic rings. The van der Waals surface area contributed by atoms with Crippen LogP contribution in [0.2, 0.25) is 0 Å². The normalized spacial score (nSPS) is 10.2. The van der Waals surface area contributed by atoms with Crippen LogP contribution in [0.4, 0.5) is 9.59 Å². The van der Waals surface area contributed by atoms with Gasteiger partial charge in [0.2, 0.25) is 0 Å². The quantitative estimate of drug-likeness (QED) is 0.541. The Balaban J connectivity index is 0.00000300. The van der Waals surface area contributed by atoms with Crippen molar-refractivity contribution in [1.82, 2.24) is 14.4 Å². The first kappa shape index (κ1) is 22.0. The number of benzene rings is 1. The third-order valence-electron chi connectivity index (χ3n) is 4.16. The fourth-order valence-electron chi connectivity index (χ4n) is 2.65. The Hall–Kier alpha value is -3.26. The molecule has 9 heteroatoms. The number of hydrogen-bond acceptors (Lipinski definition) is 4. The number of hydrogen-bond donors (Lipinski definition) is 0. The number of ether oxygens (including phenoxy) is 2. The summed E-state index contributed by atoms with van der Waals surface area (Å²) in [5.41, 5.74) is 2.72. The molecule has 0 atom stereocenters. The van der Waals surface area contributed by atoms with Gasteiger partial charge in [0, 0.05) is 39.8 Å². The molecule has 3 rings (SSSR count). The van der Waals surface area contributed by atoms with Crippen LogP contribution in [0, 0.1) is 0 Å². The van der Waals surface area contributed by atoms with Gasteiger partial charge >= 0.3 is 12.2 Å². The van der Waals surface area contributed by atoms with Gasteiger partial charge in [-0.1, -0.05) is 12.1 Å². The average Bonchev–Trinajstić information content (AvgIpc) is 2.98. The van der Waals surface area contributed by atoms with E-state index >= 15 is 0 Å². The van der Waals surface area contributed by atoms with Gasteiger partial charge in [0.25, 0.3) is 5.65 Å². The monoisotopic (exact) mass is 418 g/mol. The van der Waals surface area contributed by atoms with Crippen molar-refractivity contribution in [3.63, 3.8) is 0 Å². The highest BCUT2D eigenvalue weighted by molar-refractivity contribution is 5.72. The van der Waals surface area contributed by atoms with Gasteiger partial charge in [-0.25, -0.2) is 14.2 Å². The molecule has 0 saturated heterocycles. The zero-order valence-electron chi connectivity index (χ0n) is 16.9. The lowest BCUT2D eigenvalue weighted by atomic mass is 10.1. The highest BCUT2D eigenvalue weighted by Crippen LogP contribution is 2.25. The zero-order valence-corrected chi connectivity index (χ0v) is 17.7. The van der Waals surface area contributed by atoms with E-state index in [1.807, 2.05) is 46.5 Å². The summed E-state index contributed by atoms with van der Waals surface area (Å²) in [4.78, 5) is 26.3. The van der Waals surface area contributed by atoms with Gasteiger partial charge in [0.1, 0.15) is 18.1 Å². The number of aromatic nitrogens is 2. The van der Waals surface area contributed by atoms with Crippen LogP contribution in [0.5, 0.6) is 11.5 Å². The highest BCUT2D eigenvalue weighted by Gasteiger charge is 2.18. The molecule has 2 amide bonds. The lowest BCUT2D eigenvalue weighted by molar-refractivity contribution is -0.510. The number of rotatable bonds is 3. The van der Waals surface area contributed by atoms with E-state index in [1.165, 1.54) is 9.80 Å². The molecule has 0 N–H and O–H groups in total. The predicted molar refractivity (Wildman–Crippen MR) is 103 cm³/mol. The molecule has 8 nitrogen and oxygen atoms in total. The van der Waals surface area contributed by atoms with E-state index in [1.54, 1.807) is 46.5 Å². The minimum atomic E-state index is -0.438. The van der Waals surface area contributed by atoms with E-state index in [9.17, 15) is 9.59 Å². The molecule has 1 aromatic carbocycles. The number of carbonyl (C=O) groups excluding carboxylic acids is 2. The van der Waals surface area contributed by atoms with E-state index in [4.69, 9.17) is 9.47 Å². The van der Waals surface area contributed by atoms with E-state index < -0.39 is 12.2 Å². The Kier molecular flexibility index (Phi) is 6.71. The summed E-state index contributed by atoms with van der Waals surface area (Å²) in [5, 5.41) is 0. The maximum atomic E-state index is 11.8. The van der Waals surface area contributed by atoms with Crippen LogP contribution in [-0.4, -0.2) is 54.7 Å². The second-order valence-corrected chi connectivity index (χ2v) is 6.76. The number of aryl methyl sites for hydroxylation is 1. The second-order valence-electron chi connectivity index (χ2n) is 6.76. The third kappa shape index (κ3) is 4.78. The molecule has 0 bridgehead atoms. The van der Waals surface area contributed by atoms with Crippen molar-refractivity contribution in [2.45, 2.75) is 0 Å². The first-order valence-corrected chi connectivity index (χ1v) is 8.65. The molecule has 154 valence electrons. The molecule has 3 aromatic rings. The van der Waals surface area contributed by atoms with Crippen molar-refractivity contribution in [3.05, 3.63) is 48.8 Å². The summed E-state index contributed by atoms with van der Waals surface area (Å²) in [6, 6.07) is 10.9. The number of imidazole rings is 1. The number of halogens is 1. The van der Waals surface area contributed by atoms with Crippen LogP contribution in [-0.2, 0) is 7.05 Å². The van der Waals surface area contributed by atoms with Gasteiger partial charge in [0.15, 0.2) is 11.4 Å². The maximum absolute atomic E-state index is 11.8. The Morgan fingerprint density at radius 2 is 1.52 bits per heavy atom. The van der Waals surface area contributed by atoms with Crippen LogP contribution in [0.25, 0.3) is 16.9 Å². The largest absolute Gasteiger partial charge is 1.00 e. The van der Waals surface area contributed by atoms with Crippen molar-refractivity contribution < 1.29 is 35.9 Å². The summed E-state index contributed by atoms with van der Waals surface area (Å²) >= 11 is 0. The molecule has 0 spiro atoms. The molecule has 0 radical (unpaired) electrons. The maximum Gasteiger partial charge on any atom is 0.414 e. The summed E-state index contributed by atoms with van der Waals surface area (Å²) in [7, 11) is 8.46. The van der Waals surface area contributed by atoms with Crippen LogP contribution in [0.1, 0.15) is 0 Å². The topological polar surface area (TPSA) is 68.1 Å². The lowest BCUT2D eigenvalue weighted by Crippen LogP contribution is -3.00. The SMILES string of the molecule is CN(C)C(=O)Oc1cccc(-c2c[n+]3cc(OC(=O)N(C)C)ccc3n2C)c1.[Cl-]. The van der Waals surface area contributed by atoms with E-state index in [-0.39, 0.29) is 12.4 Å². The van der Waals surface area contributed by atoms with Gasteiger partial charge < -0.3 is 31.7 Å². The van der Waals surface area contributed by atoms with Gasteiger partial charge in [0.05, 0.1) is 7.05 Å². The number of carbonyl (C=O) groups is 2. The molecule has 0 saturated carbocycles. The smallest absolute Gasteiger partial charge is 0.414 e. The first-order chi connectivity index (χ1) is 13.3. The molecule has 2 aromatic heterocycles. The number of nitrogens with zero attached hydrogens (tertiary/aromatic N) is 4. The van der Waals surface area contributed by atoms with E-state index in [0.29, 0.717) is 11.5 Å². The van der Waals surface area contributed by atoms with Crippen molar-refractivity contribution in [3.8, 4) is 22.8 Å². The van der Waals surface area contributed by atoms with Crippen LogP contribution in [0.15, 0.2) is 48.8 Å². The third-order valence-corrected chi connectivity index (χ3v) is 4.16. The summed E-state index contributed by atoms with van der Waals surface area (Å²) in [6.45, 7) is 0. The number of fused-ring (bicyclic) bond motifs is 1. The zero-order chi connectivity index (χ0) is 20.4.